The number of fused-ring (bicyclic) bond motifs is 1. The molecular formula is C24H32N2O. The van der Waals surface area contributed by atoms with Gasteiger partial charge in [0, 0.05) is 32.7 Å². The van der Waals surface area contributed by atoms with E-state index in [9.17, 15) is 0 Å². The average Bonchev–Trinajstić information content (AvgIpc) is 2.73. The fraction of sp³-hybridized carbons (Fsp3) is 0.500. The quantitative estimate of drug-likeness (QED) is 0.690. The van der Waals surface area contributed by atoms with Crippen LogP contribution in [0.2, 0.25) is 0 Å². The molecule has 1 saturated heterocycles. The predicted octanol–water partition coefficient (Wildman–Crippen LogP) is 4.02. The summed E-state index contributed by atoms with van der Waals surface area (Å²) in [6.07, 6.45) is 6.47. The van der Waals surface area contributed by atoms with E-state index in [4.69, 9.17) is 4.74 Å². The van der Waals surface area contributed by atoms with E-state index >= 15 is 0 Å². The van der Waals surface area contributed by atoms with Gasteiger partial charge in [-0.1, -0.05) is 48.5 Å². The normalized spacial score (nSPS) is 20.8. The summed E-state index contributed by atoms with van der Waals surface area (Å²) in [5, 5.41) is 0. The number of ether oxygens (including phenoxy) is 1. The second-order valence-electron chi connectivity index (χ2n) is 7.97. The van der Waals surface area contributed by atoms with Crippen LogP contribution in [0.4, 0.5) is 0 Å². The Kier molecular flexibility index (Phi) is 6.44. The molecule has 4 rings (SSSR count). The van der Waals surface area contributed by atoms with E-state index < -0.39 is 0 Å². The van der Waals surface area contributed by atoms with Gasteiger partial charge in [0.1, 0.15) is 11.9 Å². The maximum atomic E-state index is 6.23. The van der Waals surface area contributed by atoms with Gasteiger partial charge in [0.25, 0.3) is 0 Å². The number of unbranched alkanes of at least 4 members (excludes halogenated alkanes) is 1. The van der Waals surface area contributed by atoms with E-state index in [1.165, 1.54) is 63.1 Å². The first-order chi connectivity index (χ1) is 13.4. The van der Waals surface area contributed by atoms with Crippen LogP contribution in [-0.4, -0.2) is 55.2 Å². The van der Waals surface area contributed by atoms with Crippen LogP contribution in [0, 0.1) is 0 Å². The SMILES string of the molecule is c1ccc(CCCCN2CCN(CC3CCc4ccccc4O3)CC2)cc1. The van der Waals surface area contributed by atoms with E-state index in [0.29, 0.717) is 6.10 Å². The summed E-state index contributed by atoms with van der Waals surface area (Å²) in [6, 6.07) is 19.4. The lowest BCUT2D eigenvalue weighted by molar-refractivity contribution is 0.0741. The highest BCUT2D eigenvalue weighted by Gasteiger charge is 2.24. The lowest BCUT2D eigenvalue weighted by Crippen LogP contribution is -2.49. The third kappa shape index (κ3) is 5.33. The second kappa shape index (κ2) is 9.38. The van der Waals surface area contributed by atoms with Gasteiger partial charge in [-0.2, -0.15) is 0 Å². The van der Waals surface area contributed by atoms with Gasteiger partial charge < -0.3 is 9.64 Å². The van der Waals surface area contributed by atoms with Gasteiger partial charge in [-0.05, 0) is 55.8 Å². The molecule has 3 heteroatoms. The highest BCUT2D eigenvalue weighted by molar-refractivity contribution is 5.35. The summed E-state index contributed by atoms with van der Waals surface area (Å²) in [7, 11) is 0. The fourth-order valence-corrected chi connectivity index (χ4v) is 4.30. The number of nitrogens with zero attached hydrogens (tertiary/aromatic N) is 2. The zero-order valence-corrected chi connectivity index (χ0v) is 16.4. The third-order valence-electron chi connectivity index (χ3n) is 5.96. The van der Waals surface area contributed by atoms with Crippen molar-refractivity contribution >= 4 is 0 Å². The largest absolute Gasteiger partial charge is 0.489 e. The number of rotatable bonds is 7. The van der Waals surface area contributed by atoms with Crippen molar-refractivity contribution in [3.8, 4) is 5.75 Å². The lowest BCUT2D eigenvalue weighted by atomic mass is 10.0. The van der Waals surface area contributed by atoms with Crippen LogP contribution in [-0.2, 0) is 12.8 Å². The van der Waals surface area contributed by atoms with Gasteiger partial charge >= 0.3 is 0 Å². The first kappa shape index (κ1) is 18.5. The summed E-state index contributed by atoms with van der Waals surface area (Å²) in [5.41, 5.74) is 2.84. The zero-order valence-electron chi connectivity index (χ0n) is 16.4. The minimum atomic E-state index is 0.359. The van der Waals surface area contributed by atoms with Gasteiger partial charge in [-0.25, -0.2) is 0 Å². The summed E-state index contributed by atoms with van der Waals surface area (Å²) in [5.74, 6) is 1.10. The van der Waals surface area contributed by atoms with Crippen molar-refractivity contribution in [1.29, 1.82) is 0 Å². The smallest absolute Gasteiger partial charge is 0.122 e. The van der Waals surface area contributed by atoms with Crippen LogP contribution in [0.5, 0.6) is 5.75 Å². The van der Waals surface area contributed by atoms with E-state index in [-0.39, 0.29) is 0 Å². The Morgan fingerprint density at radius 2 is 1.56 bits per heavy atom. The predicted molar refractivity (Wildman–Crippen MR) is 111 cm³/mol. The van der Waals surface area contributed by atoms with Crippen LogP contribution >= 0.6 is 0 Å². The molecule has 0 bridgehead atoms. The van der Waals surface area contributed by atoms with Crippen LogP contribution in [0.25, 0.3) is 0 Å². The second-order valence-corrected chi connectivity index (χ2v) is 7.97. The van der Waals surface area contributed by atoms with Crippen molar-refractivity contribution in [2.75, 3.05) is 39.3 Å². The zero-order chi connectivity index (χ0) is 18.3. The Labute approximate surface area is 163 Å². The standard InChI is InChI=1S/C24H32N2O/c1-2-8-21(9-3-1)10-6-7-15-25-16-18-26(19-17-25)20-23-14-13-22-11-4-5-12-24(22)27-23/h1-5,8-9,11-12,23H,6-7,10,13-20H2. The molecule has 1 unspecified atom stereocenters. The van der Waals surface area contributed by atoms with Crippen LogP contribution in [0.15, 0.2) is 54.6 Å². The lowest BCUT2D eigenvalue weighted by Gasteiger charge is -2.37. The number of para-hydroxylation sites is 1. The van der Waals surface area contributed by atoms with Crippen molar-refractivity contribution in [3.05, 3.63) is 65.7 Å². The molecular weight excluding hydrogens is 332 g/mol. The summed E-state index contributed by atoms with van der Waals surface area (Å²) in [4.78, 5) is 5.23. The Morgan fingerprint density at radius 1 is 0.815 bits per heavy atom. The van der Waals surface area contributed by atoms with E-state index in [0.717, 1.165) is 25.1 Å². The Bertz CT molecular complexity index is 695. The molecule has 0 saturated carbocycles. The van der Waals surface area contributed by atoms with Crippen molar-refractivity contribution < 1.29 is 4.74 Å². The number of benzene rings is 2. The number of aryl methyl sites for hydroxylation is 2. The summed E-state index contributed by atoms with van der Waals surface area (Å²) in [6.45, 7) is 7.09. The molecule has 0 radical (unpaired) electrons. The first-order valence-corrected chi connectivity index (χ1v) is 10.6. The Hall–Kier alpha value is -1.84. The molecule has 0 aliphatic carbocycles. The Morgan fingerprint density at radius 3 is 2.41 bits per heavy atom. The van der Waals surface area contributed by atoms with Crippen molar-refractivity contribution in [2.45, 2.75) is 38.2 Å². The molecule has 0 amide bonds. The minimum Gasteiger partial charge on any atom is -0.489 e. The maximum absolute atomic E-state index is 6.23. The van der Waals surface area contributed by atoms with Crippen LogP contribution in [0.3, 0.4) is 0 Å². The molecule has 2 aromatic carbocycles. The molecule has 2 aliphatic heterocycles. The highest BCUT2D eigenvalue weighted by Crippen LogP contribution is 2.27. The van der Waals surface area contributed by atoms with Crippen molar-refractivity contribution in [2.24, 2.45) is 0 Å². The molecule has 2 aliphatic rings. The van der Waals surface area contributed by atoms with Gasteiger partial charge in [-0.15, -0.1) is 0 Å². The fourth-order valence-electron chi connectivity index (χ4n) is 4.30. The molecule has 1 fully saturated rings. The van der Waals surface area contributed by atoms with Crippen LogP contribution in [0.1, 0.15) is 30.4 Å². The molecule has 0 spiro atoms. The minimum absolute atomic E-state index is 0.359. The first-order valence-electron chi connectivity index (χ1n) is 10.6. The maximum Gasteiger partial charge on any atom is 0.122 e. The summed E-state index contributed by atoms with van der Waals surface area (Å²) < 4.78 is 6.23. The molecule has 0 aromatic heterocycles. The van der Waals surface area contributed by atoms with Gasteiger partial charge in [0.2, 0.25) is 0 Å². The molecule has 1 atom stereocenters. The Balaban J connectivity index is 1.12. The van der Waals surface area contributed by atoms with Crippen LogP contribution < -0.4 is 4.74 Å². The topological polar surface area (TPSA) is 15.7 Å². The van der Waals surface area contributed by atoms with E-state index in [1.54, 1.807) is 0 Å². The van der Waals surface area contributed by atoms with Gasteiger partial charge in [0.05, 0.1) is 0 Å². The highest BCUT2D eigenvalue weighted by atomic mass is 16.5. The molecule has 144 valence electrons. The van der Waals surface area contributed by atoms with E-state index in [1.807, 2.05) is 0 Å². The van der Waals surface area contributed by atoms with E-state index in [2.05, 4.69) is 64.4 Å². The van der Waals surface area contributed by atoms with Crippen molar-refractivity contribution in [3.63, 3.8) is 0 Å². The molecule has 3 nitrogen and oxygen atoms in total. The number of piperazine rings is 1. The molecule has 2 aromatic rings. The monoisotopic (exact) mass is 364 g/mol. The summed E-state index contributed by atoms with van der Waals surface area (Å²) >= 11 is 0. The average molecular weight is 365 g/mol. The number of hydrogen-bond acceptors (Lipinski definition) is 3. The molecule has 27 heavy (non-hydrogen) atoms. The van der Waals surface area contributed by atoms with Gasteiger partial charge in [0.15, 0.2) is 0 Å². The van der Waals surface area contributed by atoms with Gasteiger partial charge in [-0.3, -0.25) is 4.90 Å². The molecule has 0 N–H and O–H groups in total. The third-order valence-corrected chi connectivity index (χ3v) is 5.96. The van der Waals surface area contributed by atoms with Crippen molar-refractivity contribution in [1.82, 2.24) is 9.80 Å². The number of hydrogen-bond donors (Lipinski definition) is 0. The molecule has 2 heterocycles.